The molecule has 0 aliphatic heterocycles. The zero-order valence-corrected chi connectivity index (χ0v) is 17.4. The van der Waals surface area contributed by atoms with Gasteiger partial charge in [-0.25, -0.2) is 4.79 Å². The topological polar surface area (TPSA) is 78.2 Å². The van der Waals surface area contributed by atoms with E-state index >= 15 is 0 Å². The summed E-state index contributed by atoms with van der Waals surface area (Å²) in [4.78, 5) is 26.0. The average Bonchev–Trinajstić information content (AvgIpc) is 3.00. The second-order valence-electron chi connectivity index (χ2n) is 5.52. The predicted octanol–water partition coefficient (Wildman–Crippen LogP) is 3.27. The quantitative estimate of drug-likeness (QED) is 0.474. The van der Waals surface area contributed by atoms with Gasteiger partial charge >= 0.3 is 5.97 Å². The Morgan fingerprint density at radius 3 is 2.27 bits per heavy atom. The Morgan fingerprint density at radius 1 is 1.08 bits per heavy atom. The van der Waals surface area contributed by atoms with E-state index in [4.69, 9.17) is 18.6 Å². The van der Waals surface area contributed by atoms with E-state index in [9.17, 15) is 9.59 Å². The second kappa shape index (κ2) is 8.43. The summed E-state index contributed by atoms with van der Waals surface area (Å²) in [6, 6.07) is 4.98. The zero-order chi connectivity index (χ0) is 19.4. The number of esters is 1. The van der Waals surface area contributed by atoms with Crippen LogP contribution in [-0.2, 0) is 11.3 Å². The molecule has 7 nitrogen and oxygen atoms in total. The van der Waals surface area contributed by atoms with Gasteiger partial charge in [-0.15, -0.1) is 0 Å². The molecule has 1 amide bonds. The van der Waals surface area contributed by atoms with Gasteiger partial charge in [-0.1, -0.05) is 0 Å². The Bertz CT molecular complexity index is 829. The molecule has 8 heteroatoms. The Morgan fingerprint density at radius 2 is 1.69 bits per heavy atom. The highest BCUT2D eigenvalue weighted by molar-refractivity contribution is 14.1. The number of methoxy groups -OCH3 is 3. The molecule has 2 aromatic rings. The third kappa shape index (κ3) is 4.12. The predicted molar refractivity (Wildman–Crippen MR) is 103 cm³/mol. The lowest BCUT2D eigenvalue weighted by Crippen LogP contribution is -2.26. The van der Waals surface area contributed by atoms with Crippen LogP contribution in [0.2, 0.25) is 0 Å². The zero-order valence-electron chi connectivity index (χ0n) is 15.2. The SMILES string of the molecule is COC(=O)c1cc(CN(C)C(=O)c2cc(OC)c(OC)cc2I)oc1C. The first-order valence-corrected chi connectivity index (χ1v) is 8.74. The van der Waals surface area contributed by atoms with Crippen molar-refractivity contribution in [3.05, 3.63) is 44.4 Å². The first-order valence-electron chi connectivity index (χ1n) is 7.67. The first kappa shape index (κ1) is 20.1. The Kier molecular flexibility index (Phi) is 6.52. The fourth-order valence-corrected chi connectivity index (χ4v) is 3.13. The molecule has 0 N–H and O–H groups in total. The van der Waals surface area contributed by atoms with Crippen molar-refractivity contribution in [2.24, 2.45) is 0 Å². The summed E-state index contributed by atoms with van der Waals surface area (Å²) in [5.41, 5.74) is 0.839. The molecule has 1 aromatic carbocycles. The first-order chi connectivity index (χ1) is 12.3. The van der Waals surface area contributed by atoms with Crippen LogP contribution in [0.3, 0.4) is 0 Å². The van der Waals surface area contributed by atoms with Crippen molar-refractivity contribution in [3.8, 4) is 11.5 Å². The van der Waals surface area contributed by atoms with Crippen molar-refractivity contribution in [3.63, 3.8) is 0 Å². The number of aryl methyl sites for hydroxylation is 1. The number of rotatable bonds is 6. The highest BCUT2D eigenvalue weighted by Crippen LogP contribution is 2.32. The average molecular weight is 473 g/mol. The molecule has 0 fully saturated rings. The molecule has 1 heterocycles. The lowest BCUT2D eigenvalue weighted by Gasteiger charge is -2.18. The summed E-state index contributed by atoms with van der Waals surface area (Å²) in [6.07, 6.45) is 0. The van der Waals surface area contributed by atoms with Crippen molar-refractivity contribution in [2.45, 2.75) is 13.5 Å². The normalized spacial score (nSPS) is 10.4. The van der Waals surface area contributed by atoms with Gasteiger partial charge < -0.3 is 23.5 Å². The number of ether oxygens (including phenoxy) is 3. The van der Waals surface area contributed by atoms with Crippen LogP contribution >= 0.6 is 22.6 Å². The fourth-order valence-electron chi connectivity index (χ4n) is 2.46. The highest BCUT2D eigenvalue weighted by Gasteiger charge is 2.21. The van der Waals surface area contributed by atoms with E-state index in [1.807, 2.05) is 0 Å². The smallest absolute Gasteiger partial charge is 0.341 e. The van der Waals surface area contributed by atoms with E-state index < -0.39 is 5.97 Å². The maximum Gasteiger partial charge on any atom is 0.341 e. The summed E-state index contributed by atoms with van der Waals surface area (Å²) < 4.78 is 21.5. The van der Waals surface area contributed by atoms with E-state index in [0.717, 1.165) is 3.57 Å². The molecular weight excluding hydrogens is 453 g/mol. The van der Waals surface area contributed by atoms with Crippen LogP contribution in [0.5, 0.6) is 11.5 Å². The Hall–Kier alpha value is -2.23. The molecule has 140 valence electrons. The molecular formula is C18H20INO6. The lowest BCUT2D eigenvalue weighted by atomic mass is 10.1. The van der Waals surface area contributed by atoms with Crippen molar-refractivity contribution >= 4 is 34.5 Å². The van der Waals surface area contributed by atoms with Gasteiger partial charge in [-0.2, -0.15) is 0 Å². The molecule has 0 saturated heterocycles. The number of carbonyl (C=O) groups excluding carboxylic acids is 2. The van der Waals surface area contributed by atoms with Crippen LogP contribution in [0, 0.1) is 10.5 Å². The van der Waals surface area contributed by atoms with E-state index in [-0.39, 0.29) is 12.5 Å². The molecule has 0 atom stereocenters. The maximum atomic E-state index is 12.8. The van der Waals surface area contributed by atoms with Crippen LogP contribution in [0.25, 0.3) is 0 Å². The van der Waals surface area contributed by atoms with Crippen LogP contribution in [0.4, 0.5) is 0 Å². The molecule has 1 aromatic heterocycles. The number of halogens is 1. The number of benzene rings is 1. The molecule has 2 rings (SSSR count). The largest absolute Gasteiger partial charge is 0.493 e. The highest BCUT2D eigenvalue weighted by atomic mass is 127. The van der Waals surface area contributed by atoms with E-state index in [1.54, 1.807) is 39.3 Å². The third-order valence-electron chi connectivity index (χ3n) is 3.82. The van der Waals surface area contributed by atoms with Crippen molar-refractivity contribution in [2.75, 3.05) is 28.4 Å². The summed E-state index contributed by atoms with van der Waals surface area (Å²) in [7, 11) is 6.02. The standard InChI is InChI=1S/C18H20INO6/c1-10-12(18(22)25-5)6-11(26-10)9-20(2)17(21)13-7-15(23-3)16(24-4)8-14(13)19/h6-8H,9H2,1-5H3. The van der Waals surface area contributed by atoms with Gasteiger partial charge in [-0.3, -0.25) is 4.79 Å². The van der Waals surface area contributed by atoms with Crippen LogP contribution < -0.4 is 9.47 Å². The molecule has 0 spiro atoms. The van der Waals surface area contributed by atoms with Crippen molar-refractivity contribution in [1.82, 2.24) is 4.90 Å². The number of carbonyl (C=O) groups is 2. The summed E-state index contributed by atoms with van der Waals surface area (Å²) in [5, 5.41) is 0. The number of furan rings is 1. The minimum Gasteiger partial charge on any atom is -0.493 e. The van der Waals surface area contributed by atoms with Gasteiger partial charge in [0.05, 0.1) is 33.4 Å². The van der Waals surface area contributed by atoms with Gasteiger partial charge in [0.15, 0.2) is 11.5 Å². The van der Waals surface area contributed by atoms with Gasteiger partial charge in [0.2, 0.25) is 0 Å². The van der Waals surface area contributed by atoms with Gasteiger partial charge in [0.25, 0.3) is 5.91 Å². The monoisotopic (exact) mass is 473 g/mol. The maximum absolute atomic E-state index is 12.8. The number of hydrogen-bond acceptors (Lipinski definition) is 6. The molecule has 26 heavy (non-hydrogen) atoms. The number of hydrogen-bond donors (Lipinski definition) is 0. The van der Waals surface area contributed by atoms with Gasteiger partial charge in [0.1, 0.15) is 17.1 Å². The van der Waals surface area contributed by atoms with E-state index in [1.165, 1.54) is 19.1 Å². The molecule has 0 aliphatic rings. The molecule has 0 bridgehead atoms. The number of amides is 1. The van der Waals surface area contributed by atoms with Crippen LogP contribution in [0.1, 0.15) is 32.2 Å². The van der Waals surface area contributed by atoms with Crippen LogP contribution in [-0.4, -0.2) is 45.2 Å². The van der Waals surface area contributed by atoms with E-state index in [2.05, 4.69) is 22.6 Å². The Balaban J connectivity index is 2.24. The molecule has 0 saturated carbocycles. The summed E-state index contributed by atoms with van der Waals surface area (Å²) >= 11 is 2.08. The minimum absolute atomic E-state index is 0.205. The van der Waals surface area contributed by atoms with Gasteiger partial charge in [0, 0.05) is 10.6 Å². The number of nitrogens with zero attached hydrogens (tertiary/aromatic N) is 1. The van der Waals surface area contributed by atoms with E-state index in [0.29, 0.717) is 34.1 Å². The second-order valence-corrected chi connectivity index (χ2v) is 6.68. The fraction of sp³-hybridized carbons (Fsp3) is 0.333. The van der Waals surface area contributed by atoms with Gasteiger partial charge in [-0.05, 0) is 47.7 Å². The molecule has 0 unspecified atom stereocenters. The van der Waals surface area contributed by atoms with Crippen molar-refractivity contribution < 1.29 is 28.2 Å². The summed E-state index contributed by atoms with van der Waals surface area (Å²) in [5.74, 6) is 1.31. The molecule has 0 radical (unpaired) electrons. The minimum atomic E-state index is -0.471. The van der Waals surface area contributed by atoms with Crippen molar-refractivity contribution in [1.29, 1.82) is 0 Å². The lowest BCUT2D eigenvalue weighted by molar-refractivity contribution is 0.0598. The molecule has 0 aliphatic carbocycles. The third-order valence-corrected chi connectivity index (χ3v) is 4.71. The Labute approximate surface area is 165 Å². The van der Waals surface area contributed by atoms with Crippen LogP contribution in [0.15, 0.2) is 22.6 Å². The summed E-state index contributed by atoms with van der Waals surface area (Å²) in [6.45, 7) is 1.88.